The lowest BCUT2D eigenvalue weighted by molar-refractivity contribution is -0.119. The molecular weight excluding hydrogens is 514 g/mol. The first-order chi connectivity index (χ1) is 17.6. The number of nitrogens with zero attached hydrogens (tertiary/aromatic N) is 2. The van der Waals surface area contributed by atoms with E-state index in [1.54, 1.807) is 30.3 Å². The topological polar surface area (TPSA) is 113 Å². The number of amides is 1. The third-order valence-corrected chi connectivity index (χ3v) is 9.16. The van der Waals surface area contributed by atoms with Crippen molar-refractivity contribution in [2.45, 2.75) is 23.1 Å². The van der Waals surface area contributed by atoms with E-state index in [-0.39, 0.29) is 22.9 Å². The molecule has 37 heavy (non-hydrogen) atoms. The Kier molecular flexibility index (Phi) is 9.30. The van der Waals surface area contributed by atoms with Crippen LogP contribution in [0.2, 0.25) is 0 Å². The largest absolute Gasteiger partial charge is 0.492 e. The lowest BCUT2D eigenvalue weighted by Crippen LogP contribution is -2.41. The first-order valence-electron chi connectivity index (χ1n) is 11.6. The highest BCUT2D eigenvalue weighted by Gasteiger charge is 2.27. The van der Waals surface area contributed by atoms with E-state index in [1.807, 2.05) is 19.1 Å². The second kappa shape index (κ2) is 12.2. The summed E-state index contributed by atoms with van der Waals surface area (Å²) in [5.41, 5.74) is 1.44. The summed E-state index contributed by atoms with van der Waals surface area (Å²) >= 11 is 0. The maximum Gasteiger partial charge on any atom is 0.264 e. The maximum atomic E-state index is 13.4. The van der Waals surface area contributed by atoms with E-state index in [0.29, 0.717) is 11.4 Å². The number of sulfonamides is 2. The molecule has 0 saturated heterocycles. The number of hydrogen-bond donors (Lipinski definition) is 1. The number of anilines is 1. The third kappa shape index (κ3) is 7.09. The van der Waals surface area contributed by atoms with Crippen LogP contribution in [-0.4, -0.2) is 60.8 Å². The van der Waals surface area contributed by atoms with Gasteiger partial charge in [-0.05, 0) is 60.5 Å². The Hall–Kier alpha value is -3.41. The van der Waals surface area contributed by atoms with E-state index in [1.165, 1.54) is 50.5 Å². The Morgan fingerprint density at radius 1 is 0.811 bits per heavy atom. The highest BCUT2D eigenvalue weighted by atomic mass is 32.2. The monoisotopic (exact) mass is 545 g/mol. The van der Waals surface area contributed by atoms with Gasteiger partial charge in [0.05, 0.1) is 22.0 Å². The molecule has 0 heterocycles. The third-order valence-electron chi connectivity index (χ3n) is 5.55. The summed E-state index contributed by atoms with van der Waals surface area (Å²) in [4.78, 5) is 12.9. The number of nitrogens with one attached hydrogen (secondary N) is 1. The normalized spacial score (nSPS) is 11.8. The molecule has 198 valence electrons. The number of carbonyl (C=O) groups is 1. The van der Waals surface area contributed by atoms with E-state index < -0.39 is 32.5 Å². The van der Waals surface area contributed by atoms with Gasteiger partial charge in [-0.25, -0.2) is 21.1 Å². The predicted molar refractivity (Wildman–Crippen MR) is 143 cm³/mol. The number of ether oxygens (including phenoxy) is 1. The zero-order valence-corrected chi connectivity index (χ0v) is 22.6. The summed E-state index contributed by atoms with van der Waals surface area (Å²) in [7, 11) is -4.60. The fraction of sp³-hybridized carbons (Fsp3) is 0.269. The highest BCUT2D eigenvalue weighted by Crippen LogP contribution is 2.24. The number of aryl methyl sites for hydroxylation is 1. The van der Waals surface area contributed by atoms with E-state index >= 15 is 0 Å². The van der Waals surface area contributed by atoms with E-state index in [2.05, 4.69) is 5.32 Å². The van der Waals surface area contributed by atoms with Crippen LogP contribution in [0.25, 0.3) is 0 Å². The van der Waals surface area contributed by atoms with Crippen LogP contribution in [-0.2, 0) is 31.3 Å². The smallest absolute Gasteiger partial charge is 0.264 e. The summed E-state index contributed by atoms with van der Waals surface area (Å²) < 4.78 is 58.8. The van der Waals surface area contributed by atoms with Gasteiger partial charge in [0, 0.05) is 14.1 Å². The highest BCUT2D eigenvalue weighted by molar-refractivity contribution is 7.92. The van der Waals surface area contributed by atoms with Gasteiger partial charge in [0.15, 0.2) is 0 Å². The number of rotatable bonds is 12. The minimum absolute atomic E-state index is 0.0884. The molecule has 3 aromatic carbocycles. The Bertz CT molecular complexity index is 1390. The van der Waals surface area contributed by atoms with Crippen molar-refractivity contribution in [3.05, 3.63) is 84.4 Å². The summed E-state index contributed by atoms with van der Waals surface area (Å²) in [6, 6.07) is 21.0. The van der Waals surface area contributed by atoms with Crippen molar-refractivity contribution >= 4 is 31.6 Å². The van der Waals surface area contributed by atoms with Crippen molar-refractivity contribution in [3.8, 4) is 5.75 Å². The number of hydrogen-bond acceptors (Lipinski definition) is 6. The van der Waals surface area contributed by atoms with Gasteiger partial charge in [-0.3, -0.25) is 9.10 Å². The van der Waals surface area contributed by atoms with Gasteiger partial charge in [0.25, 0.3) is 10.0 Å². The van der Waals surface area contributed by atoms with Crippen LogP contribution < -0.4 is 14.4 Å². The Morgan fingerprint density at radius 3 is 1.97 bits per heavy atom. The molecule has 0 unspecified atom stereocenters. The van der Waals surface area contributed by atoms with Crippen LogP contribution in [0.15, 0.2) is 88.7 Å². The first-order valence-corrected chi connectivity index (χ1v) is 14.5. The van der Waals surface area contributed by atoms with E-state index in [9.17, 15) is 21.6 Å². The molecule has 0 bridgehead atoms. The molecule has 1 amide bonds. The minimum Gasteiger partial charge on any atom is -0.492 e. The zero-order valence-electron chi connectivity index (χ0n) is 21.0. The molecule has 9 nitrogen and oxygen atoms in total. The molecular formula is C26H31N3O6S2. The predicted octanol–water partition coefficient (Wildman–Crippen LogP) is 2.89. The molecule has 0 radical (unpaired) electrons. The first kappa shape index (κ1) is 28.2. The minimum atomic E-state index is -3.98. The second-order valence-electron chi connectivity index (χ2n) is 8.30. The van der Waals surface area contributed by atoms with Gasteiger partial charge in [-0.15, -0.1) is 0 Å². The molecule has 0 atom stereocenters. The summed E-state index contributed by atoms with van der Waals surface area (Å²) in [6.07, 6.45) is 0.806. The summed E-state index contributed by atoms with van der Waals surface area (Å²) in [5.74, 6) is -0.0497. The molecule has 11 heteroatoms. The van der Waals surface area contributed by atoms with Crippen LogP contribution in [0.5, 0.6) is 5.75 Å². The quantitative estimate of drug-likeness (QED) is 0.350. The van der Waals surface area contributed by atoms with Gasteiger partial charge in [0.2, 0.25) is 15.9 Å². The molecule has 0 spiro atoms. The molecule has 0 saturated carbocycles. The van der Waals surface area contributed by atoms with Crippen molar-refractivity contribution in [2.75, 3.05) is 38.1 Å². The standard InChI is InChI=1S/C26H31N3O6S2/c1-4-21-10-12-22(13-11-21)29(37(33,34)24-8-6-5-7-9-24)20-26(30)27-18-19-35-23-14-16-25(17-15-23)36(31,32)28(2)3/h5-17H,4,18-20H2,1-3H3,(H,27,30). The van der Waals surface area contributed by atoms with Crippen LogP contribution in [0, 0.1) is 0 Å². The lowest BCUT2D eigenvalue weighted by Gasteiger charge is -2.24. The van der Waals surface area contributed by atoms with Gasteiger partial charge in [0.1, 0.15) is 18.9 Å². The average Bonchev–Trinajstić information content (AvgIpc) is 2.90. The van der Waals surface area contributed by atoms with Crippen molar-refractivity contribution < 1.29 is 26.4 Å². The van der Waals surface area contributed by atoms with Crippen LogP contribution in [0.4, 0.5) is 5.69 Å². The molecule has 1 N–H and O–H groups in total. The van der Waals surface area contributed by atoms with Crippen LogP contribution in [0.1, 0.15) is 12.5 Å². The molecule has 0 aliphatic carbocycles. The number of carbonyl (C=O) groups excluding carboxylic acids is 1. The van der Waals surface area contributed by atoms with Gasteiger partial charge < -0.3 is 10.1 Å². The SMILES string of the molecule is CCc1ccc(N(CC(=O)NCCOc2ccc(S(=O)(=O)N(C)C)cc2)S(=O)(=O)c2ccccc2)cc1. The van der Waals surface area contributed by atoms with Crippen molar-refractivity contribution in [2.24, 2.45) is 0 Å². The van der Waals surface area contributed by atoms with Crippen LogP contribution >= 0.6 is 0 Å². The molecule has 0 fully saturated rings. The lowest BCUT2D eigenvalue weighted by atomic mass is 10.1. The van der Waals surface area contributed by atoms with Gasteiger partial charge in [-0.2, -0.15) is 0 Å². The molecule has 0 aromatic heterocycles. The van der Waals surface area contributed by atoms with Crippen molar-refractivity contribution in [1.82, 2.24) is 9.62 Å². The van der Waals surface area contributed by atoms with E-state index in [0.717, 1.165) is 20.6 Å². The van der Waals surface area contributed by atoms with Crippen LogP contribution in [0.3, 0.4) is 0 Å². The van der Waals surface area contributed by atoms with Gasteiger partial charge in [-0.1, -0.05) is 37.3 Å². The second-order valence-corrected chi connectivity index (χ2v) is 12.3. The van der Waals surface area contributed by atoms with Crippen molar-refractivity contribution in [1.29, 1.82) is 0 Å². The fourth-order valence-electron chi connectivity index (χ4n) is 3.40. The van der Waals surface area contributed by atoms with Crippen molar-refractivity contribution in [3.63, 3.8) is 0 Å². The zero-order chi connectivity index (χ0) is 27.1. The van der Waals surface area contributed by atoms with E-state index in [4.69, 9.17) is 4.74 Å². The molecule has 0 aliphatic rings. The summed E-state index contributed by atoms with van der Waals surface area (Å²) in [5, 5.41) is 2.68. The summed E-state index contributed by atoms with van der Waals surface area (Å²) in [6.45, 7) is 1.84. The Labute approximate surface area is 218 Å². The molecule has 3 aromatic rings. The average molecular weight is 546 g/mol. The van der Waals surface area contributed by atoms with Gasteiger partial charge >= 0.3 is 0 Å². The molecule has 3 rings (SSSR count). The molecule has 0 aliphatic heterocycles. The fourth-order valence-corrected chi connectivity index (χ4v) is 5.74. The number of benzene rings is 3. The maximum absolute atomic E-state index is 13.4. The Balaban J connectivity index is 1.63. The Morgan fingerprint density at radius 2 is 1.41 bits per heavy atom.